The second-order valence-electron chi connectivity index (χ2n) is 4.77. The van der Waals surface area contributed by atoms with Gasteiger partial charge in [-0.3, -0.25) is 0 Å². The third kappa shape index (κ3) is 5.11. The highest BCUT2D eigenvalue weighted by atomic mass is 79.9. The van der Waals surface area contributed by atoms with E-state index >= 15 is 0 Å². The quantitative estimate of drug-likeness (QED) is 0.286. The molecule has 0 spiro atoms. The number of halogens is 1. The van der Waals surface area contributed by atoms with Crippen LogP contribution < -0.4 is 0 Å². The van der Waals surface area contributed by atoms with Crippen molar-refractivity contribution in [2.45, 2.75) is 62.5 Å². The lowest BCUT2D eigenvalue weighted by Gasteiger charge is -2.38. The molecule has 1 aliphatic carbocycles. The molecule has 1 rings (SSSR count). The minimum atomic E-state index is -0.132. The zero-order chi connectivity index (χ0) is 12.6. The third-order valence-corrected chi connectivity index (χ3v) is 4.41. The van der Waals surface area contributed by atoms with Crippen LogP contribution in [0.2, 0.25) is 0 Å². The van der Waals surface area contributed by atoms with Crippen molar-refractivity contribution in [3.63, 3.8) is 0 Å². The smallest absolute Gasteiger partial charge is 0.173 e. The fourth-order valence-electron chi connectivity index (χ4n) is 2.21. The molecule has 0 aromatic heterocycles. The summed E-state index contributed by atoms with van der Waals surface area (Å²) in [6.45, 7) is 7.22. The van der Waals surface area contributed by atoms with Crippen LogP contribution >= 0.6 is 15.9 Å². The molecule has 0 aromatic carbocycles. The van der Waals surface area contributed by atoms with Gasteiger partial charge in [0.2, 0.25) is 0 Å². The molecule has 1 unspecified atom stereocenters. The maximum Gasteiger partial charge on any atom is 0.173 e. The molecule has 0 bridgehead atoms. The lowest BCUT2D eigenvalue weighted by Crippen LogP contribution is -2.42. The Morgan fingerprint density at radius 2 is 2.00 bits per heavy atom. The summed E-state index contributed by atoms with van der Waals surface area (Å²) in [6, 6.07) is 0. The van der Waals surface area contributed by atoms with Crippen molar-refractivity contribution in [1.29, 1.82) is 0 Å². The van der Waals surface area contributed by atoms with Crippen molar-refractivity contribution in [2.24, 2.45) is 0 Å². The van der Waals surface area contributed by atoms with Gasteiger partial charge in [0.15, 0.2) is 6.29 Å². The Bertz CT molecular complexity index is 212. The number of unbranched alkanes of at least 4 members (excludes halogenated alkanes) is 1. The molecule has 1 atom stereocenters. The Kier molecular flexibility index (Phi) is 7.40. The molecule has 3 heteroatoms. The summed E-state index contributed by atoms with van der Waals surface area (Å²) in [6.07, 6.45) is 10.0. The summed E-state index contributed by atoms with van der Waals surface area (Å²) in [4.78, 5) is 0. The zero-order valence-corrected chi connectivity index (χ0v) is 12.5. The SMILES string of the molecule is C=CCOC(OCCCC)C1(Br)CCCCC1. The highest BCUT2D eigenvalue weighted by Crippen LogP contribution is 2.40. The summed E-state index contributed by atoms with van der Waals surface area (Å²) >= 11 is 3.86. The fourth-order valence-corrected chi connectivity index (χ4v) is 3.04. The number of ether oxygens (including phenoxy) is 2. The van der Waals surface area contributed by atoms with Gasteiger partial charge >= 0.3 is 0 Å². The maximum atomic E-state index is 5.91. The van der Waals surface area contributed by atoms with Gasteiger partial charge < -0.3 is 9.47 Å². The predicted octanol–water partition coefficient (Wildman–Crippen LogP) is 4.43. The average Bonchev–Trinajstić information content (AvgIpc) is 2.34. The molecule has 2 nitrogen and oxygen atoms in total. The second kappa shape index (κ2) is 8.28. The van der Waals surface area contributed by atoms with Gasteiger partial charge in [0, 0.05) is 6.61 Å². The van der Waals surface area contributed by atoms with Crippen molar-refractivity contribution in [1.82, 2.24) is 0 Å². The largest absolute Gasteiger partial charge is 0.351 e. The van der Waals surface area contributed by atoms with Crippen LogP contribution in [0.15, 0.2) is 12.7 Å². The van der Waals surface area contributed by atoms with E-state index in [1.807, 2.05) is 0 Å². The van der Waals surface area contributed by atoms with Gasteiger partial charge in [0.25, 0.3) is 0 Å². The Hall–Kier alpha value is 0.140. The molecule has 0 N–H and O–H groups in total. The van der Waals surface area contributed by atoms with Crippen molar-refractivity contribution in [3.8, 4) is 0 Å². The zero-order valence-electron chi connectivity index (χ0n) is 10.9. The van der Waals surface area contributed by atoms with Gasteiger partial charge in [0.1, 0.15) is 0 Å². The van der Waals surface area contributed by atoms with E-state index in [0.717, 1.165) is 32.3 Å². The number of hydrogen-bond donors (Lipinski definition) is 0. The van der Waals surface area contributed by atoms with Gasteiger partial charge in [0.05, 0.1) is 10.9 Å². The van der Waals surface area contributed by atoms with Crippen LogP contribution in [0.1, 0.15) is 51.9 Å². The van der Waals surface area contributed by atoms with Crippen LogP contribution in [0, 0.1) is 0 Å². The Labute approximate surface area is 114 Å². The van der Waals surface area contributed by atoms with Crippen molar-refractivity contribution in [2.75, 3.05) is 13.2 Å². The minimum absolute atomic E-state index is 0.0159. The Morgan fingerprint density at radius 1 is 1.29 bits per heavy atom. The number of alkyl halides is 1. The molecule has 0 amide bonds. The van der Waals surface area contributed by atoms with E-state index in [4.69, 9.17) is 9.47 Å². The first-order valence-corrected chi connectivity index (χ1v) is 7.55. The molecule has 1 aliphatic rings. The number of hydrogen-bond acceptors (Lipinski definition) is 2. The van der Waals surface area contributed by atoms with E-state index in [1.54, 1.807) is 6.08 Å². The molecule has 0 heterocycles. The molecule has 17 heavy (non-hydrogen) atoms. The summed E-state index contributed by atoms with van der Waals surface area (Å²) in [5.41, 5.74) is 0. The second-order valence-corrected chi connectivity index (χ2v) is 6.35. The van der Waals surface area contributed by atoms with Gasteiger partial charge in [-0.25, -0.2) is 0 Å². The van der Waals surface area contributed by atoms with Crippen molar-refractivity contribution < 1.29 is 9.47 Å². The molecule has 1 saturated carbocycles. The van der Waals surface area contributed by atoms with Gasteiger partial charge in [-0.05, 0) is 19.3 Å². The lowest BCUT2D eigenvalue weighted by molar-refractivity contribution is -0.159. The van der Waals surface area contributed by atoms with Crippen LogP contribution in [-0.2, 0) is 9.47 Å². The van der Waals surface area contributed by atoms with E-state index in [2.05, 4.69) is 29.4 Å². The molecule has 0 saturated heterocycles. The highest BCUT2D eigenvalue weighted by molar-refractivity contribution is 9.10. The molecule has 1 fully saturated rings. The first-order chi connectivity index (χ1) is 8.23. The first-order valence-electron chi connectivity index (χ1n) is 6.76. The molecule has 100 valence electrons. The minimum Gasteiger partial charge on any atom is -0.351 e. The van der Waals surface area contributed by atoms with Crippen LogP contribution in [0.3, 0.4) is 0 Å². The Morgan fingerprint density at radius 3 is 2.59 bits per heavy atom. The van der Waals surface area contributed by atoms with Gasteiger partial charge in [-0.2, -0.15) is 0 Å². The van der Waals surface area contributed by atoms with E-state index in [0.29, 0.717) is 6.61 Å². The highest BCUT2D eigenvalue weighted by Gasteiger charge is 2.39. The molecule has 0 radical (unpaired) electrons. The monoisotopic (exact) mass is 304 g/mol. The van der Waals surface area contributed by atoms with Gasteiger partial charge in [-0.1, -0.05) is 54.6 Å². The topological polar surface area (TPSA) is 18.5 Å². The summed E-state index contributed by atoms with van der Waals surface area (Å²) in [5.74, 6) is 0. The number of rotatable bonds is 8. The predicted molar refractivity (Wildman–Crippen MR) is 75.5 cm³/mol. The normalized spacial score (nSPS) is 21.1. The standard InChI is InChI=1S/C14H25BrO2/c1-3-5-12-17-13(16-11-4-2)14(15)9-7-6-8-10-14/h4,13H,2-3,5-12H2,1H3. The van der Waals surface area contributed by atoms with Crippen LogP contribution in [0.4, 0.5) is 0 Å². The van der Waals surface area contributed by atoms with Crippen LogP contribution in [0.25, 0.3) is 0 Å². The van der Waals surface area contributed by atoms with Crippen molar-refractivity contribution >= 4 is 15.9 Å². The Balaban J connectivity index is 2.49. The van der Waals surface area contributed by atoms with E-state index in [1.165, 1.54) is 19.3 Å². The van der Waals surface area contributed by atoms with E-state index in [-0.39, 0.29) is 10.6 Å². The van der Waals surface area contributed by atoms with E-state index in [9.17, 15) is 0 Å². The summed E-state index contributed by atoms with van der Waals surface area (Å²) in [7, 11) is 0. The van der Waals surface area contributed by atoms with Gasteiger partial charge in [-0.15, -0.1) is 6.58 Å². The average molecular weight is 305 g/mol. The fraction of sp³-hybridized carbons (Fsp3) is 0.857. The molecule has 0 aromatic rings. The van der Waals surface area contributed by atoms with Crippen LogP contribution in [-0.4, -0.2) is 23.8 Å². The summed E-state index contributed by atoms with van der Waals surface area (Å²) in [5, 5.41) is 0. The van der Waals surface area contributed by atoms with Crippen LogP contribution in [0.5, 0.6) is 0 Å². The third-order valence-electron chi connectivity index (χ3n) is 3.24. The summed E-state index contributed by atoms with van der Waals surface area (Å²) < 4.78 is 11.7. The van der Waals surface area contributed by atoms with E-state index < -0.39 is 0 Å². The van der Waals surface area contributed by atoms with Crippen molar-refractivity contribution in [3.05, 3.63) is 12.7 Å². The molecule has 0 aliphatic heterocycles. The molecular weight excluding hydrogens is 280 g/mol. The lowest BCUT2D eigenvalue weighted by atomic mass is 9.88. The molecular formula is C14H25BrO2. The first kappa shape index (κ1) is 15.2. The maximum absolute atomic E-state index is 5.91.